The number of alkyl halides is 3. The average molecular weight is 510 g/mol. The van der Waals surface area contributed by atoms with Crippen LogP contribution in [0.3, 0.4) is 0 Å². The van der Waals surface area contributed by atoms with Crippen LogP contribution < -0.4 is 19.6 Å². The van der Waals surface area contributed by atoms with Crippen LogP contribution in [0.5, 0.6) is 17.2 Å². The molecule has 0 atom stereocenters. The van der Waals surface area contributed by atoms with Gasteiger partial charge in [-0.05, 0) is 48.4 Å². The lowest BCUT2D eigenvalue weighted by Gasteiger charge is -2.14. The van der Waals surface area contributed by atoms with Crippen LogP contribution in [0.25, 0.3) is 28.2 Å². The fraction of sp³-hybridized carbons (Fsp3) is 0.143. The van der Waals surface area contributed by atoms with E-state index in [2.05, 4.69) is 0 Å². The van der Waals surface area contributed by atoms with E-state index in [9.17, 15) is 22.8 Å². The highest BCUT2D eigenvalue weighted by Gasteiger charge is 2.39. The van der Waals surface area contributed by atoms with Crippen LogP contribution in [-0.4, -0.2) is 20.2 Å². The molecule has 4 rings (SSSR count). The normalized spacial score (nSPS) is 11.6. The molecule has 0 saturated heterocycles. The maximum Gasteiger partial charge on any atom is 0.450 e. The minimum atomic E-state index is -4.99. The molecule has 0 unspecified atom stereocenters. The summed E-state index contributed by atoms with van der Waals surface area (Å²) >= 11 is 0. The molecule has 0 aliphatic rings. The number of hydrogen-bond donors (Lipinski definition) is 0. The van der Waals surface area contributed by atoms with Gasteiger partial charge in [0, 0.05) is 12.1 Å². The summed E-state index contributed by atoms with van der Waals surface area (Å²) in [6.45, 7) is 1.93. The zero-order valence-electron chi connectivity index (χ0n) is 20.0. The monoisotopic (exact) mass is 510 g/mol. The van der Waals surface area contributed by atoms with Crippen molar-refractivity contribution in [3.8, 4) is 28.4 Å². The number of aryl methyl sites for hydroxylation is 1. The van der Waals surface area contributed by atoms with Crippen LogP contribution in [0.2, 0.25) is 0 Å². The Kier molecular flexibility index (Phi) is 7.06. The van der Waals surface area contributed by atoms with Crippen molar-refractivity contribution in [1.29, 1.82) is 0 Å². The number of hydrogen-bond acceptors (Lipinski definition) is 6. The van der Waals surface area contributed by atoms with E-state index in [1.807, 2.05) is 31.2 Å². The third-order valence-corrected chi connectivity index (χ3v) is 5.50. The van der Waals surface area contributed by atoms with Crippen LogP contribution in [0.1, 0.15) is 16.9 Å². The Hall–Kier alpha value is -4.53. The number of rotatable bonds is 6. The predicted molar refractivity (Wildman–Crippen MR) is 132 cm³/mol. The predicted octanol–water partition coefficient (Wildman–Crippen LogP) is 6.42. The second kappa shape index (κ2) is 10.2. The number of esters is 1. The molecule has 0 bridgehead atoms. The van der Waals surface area contributed by atoms with Gasteiger partial charge in [0.25, 0.3) is 0 Å². The van der Waals surface area contributed by atoms with Crippen molar-refractivity contribution in [2.45, 2.75) is 13.1 Å². The highest BCUT2D eigenvalue weighted by molar-refractivity contribution is 5.90. The van der Waals surface area contributed by atoms with Gasteiger partial charge in [0.05, 0.1) is 25.2 Å². The van der Waals surface area contributed by atoms with Gasteiger partial charge in [-0.1, -0.05) is 35.9 Å². The number of fused-ring (bicyclic) bond motifs is 1. The molecule has 0 fully saturated rings. The minimum Gasteiger partial charge on any atom is -0.493 e. The van der Waals surface area contributed by atoms with Crippen molar-refractivity contribution in [1.82, 2.24) is 0 Å². The Balaban J connectivity index is 1.73. The molecule has 1 heterocycles. The van der Waals surface area contributed by atoms with Gasteiger partial charge >= 0.3 is 12.1 Å². The Labute approximate surface area is 209 Å². The number of carbonyl (C=O) groups excluding carboxylic acids is 1. The van der Waals surface area contributed by atoms with Gasteiger partial charge in [-0.2, -0.15) is 13.2 Å². The van der Waals surface area contributed by atoms with Crippen molar-refractivity contribution in [3.05, 3.63) is 93.9 Å². The fourth-order valence-electron chi connectivity index (χ4n) is 3.68. The number of ether oxygens (including phenoxy) is 3. The Morgan fingerprint density at radius 2 is 1.62 bits per heavy atom. The SMILES string of the molecule is COc1ccc(-c2c(C(F)(F)F)oc3cc(OC(=O)/C=C/c4ccc(C)cc4)ccc3c2=O)cc1OC. The number of methoxy groups -OCH3 is 2. The fourth-order valence-corrected chi connectivity index (χ4v) is 3.68. The topological polar surface area (TPSA) is 75.0 Å². The van der Waals surface area contributed by atoms with Gasteiger partial charge < -0.3 is 18.6 Å². The number of halogens is 3. The third kappa shape index (κ3) is 5.50. The summed E-state index contributed by atoms with van der Waals surface area (Å²) in [5.74, 6) is -1.89. The van der Waals surface area contributed by atoms with E-state index in [-0.39, 0.29) is 33.8 Å². The standard InChI is InChI=1S/C28H21F3O6/c1-16-4-6-17(7-5-16)8-13-24(32)36-19-10-11-20-22(15-19)37-27(28(29,30)31)25(26(20)33)18-9-12-21(34-2)23(14-18)35-3/h4-15H,1-3H3/b13-8+. The van der Waals surface area contributed by atoms with Gasteiger partial charge in [-0.25, -0.2) is 4.79 Å². The summed E-state index contributed by atoms with van der Waals surface area (Å²) in [5, 5.41) is -0.118. The molecule has 9 heteroatoms. The maximum atomic E-state index is 14.0. The van der Waals surface area contributed by atoms with Crippen LogP contribution in [0.4, 0.5) is 13.2 Å². The van der Waals surface area contributed by atoms with E-state index < -0.39 is 28.9 Å². The highest BCUT2D eigenvalue weighted by Crippen LogP contribution is 2.40. The molecule has 0 saturated carbocycles. The smallest absolute Gasteiger partial charge is 0.450 e. The molecule has 0 aliphatic carbocycles. The molecule has 0 aliphatic heterocycles. The maximum absolute atomic E-state index is 14.0. The van der Waals surface area contributed by atoms with E-state index in [1.54, 1.807) is 6.08 Å². The largest absolute Gasteiger partial charge is 0.493 e. The summed E-state index contributed by atoms with van der Waals surface area (Å²) in [7, 11) is 2.71. The summed E-state index contributed by atoms with van der Waals surface area (Å²) < 4.78 is 62.6. The second-order valence-corrected chi connectivity index (χ2v) is 8.03. The summed E-state index contributed by atoms with van der Waals surface area (Å²) in [4.78, 5) is 25.4. The minimum absolute atomic E-state index is 0.0580. The van der Waals surface area contributed by atoms with E-state index in [4.69, 9.17) is 18.6 Å². The lowest BCUT2D eigenvalue weighted by Crippen LogP contribution is -2.16. The van der Waals surface area contributed by atoms with Crippen molar-refractivity contribution >= 4 is 23.0 Å². The van der Waals surface area contributed by atoms with Crippen LogP contribution in [0.15, 0.2) is 76.0 Å². The van der Waals surface area contributed by atoms with Crippen LogP contribution in [0, 0.1) is 6.92 Å². The van der Waals surface area contributed by atoms with E-state index >= 15 is 0 Å². The van der Waals surface area contributed by atoms with Crippen molar-refractivity contribution in [3.63, 3.8) is 0 Å². The molecule has 190 valence electrons. The molecule has 1 aromatic heterocycles. The van der Waals surface area contributed by atoms with Gasteiger partial charge in [-0.3, -0.25) is 4.79 Å². The lowest BCUT2D eigenvalue weighted by molar-refractivity contribution is -0.152. The molecule has 4 aromatic rings. The first kappa shape index (κ1) is 25.6. The highest BCUT2D eigenvalue weighted by atomic mass is 19.4. The van der Waals surface area contributed by atoms with Crippen molar-refractivity contribution in [2.24, 2.45) is 0 Å². The Morgan fingerprint density at radius 1 is 0.919 bits per heavy atom. The molecule has 6 nitrogen and oxygen atoms in total. The molecule has 0 N–H and O–H groups in total. The third-order valence-electron chi connectivity index (χ3n) is 5.50. The van der Waals surface area contributed by atoms with E-state index in [0.29, 0.717) is 0 Å². The Morgan fingerprint density at radius 3 is 2.27 bits per heavy atom. The van der Waals surface area contributed by atoms with Crippen molar-refractivity contribution < 1.29 is 36.6 Å². The number of carbonyl (C=O) groups is 1. The molecule has 0 amide bonds. The zero-order valence-corrected chi connectivity index (χ0v) is 20.0. The number of benzene rings is 3. The van der Waals surface area contributed by atoms with Gasteiger partial charge in [0.1, 0.15) is 11.3 Å². The molecular formula is C28H21F3O6. The van der Waals surface area contributed by atoms with Gasteiger partial charge in [0.2, 0.25) is 11.2 Å². The van der Waals surface area contributed by atoms with Gasteiger partial charge in [-0.15, -0.1) is 0 Å². The molecular weight excluding hydrogens is 489 g/mol. The first-order valence-electron chi connectivity index (χ1n) is 11.0. The average Bonchev–Trinajstić information content (AvgIpc) is 2.87. The zero-order chi connectivity index (χ0) is 26.7. The lowest BCUT2D eigenvalue weighted by atomic mass is 10.0. The summed E-state index contributed by atoms with van der Waals surface area (Å²) in [6.07, 6.45) is -2.26. The molecule has 3 aromatic carbocycles. The second-order valence-electron chi connectivity index (χ2n) is 8.03. The van der Waals surface area contributed by atoms with E-state index in [0.717, 1.165) is 17.2 Å². The van der Waals surface area contributed by atoms with Crippen molar-refractivity contribution in [2.75, 3.05) is 14.2 Å². The first-order valence-corrected chi connectivity index (χ1v) is 11.0. The van der Waals surface area contributed by atoms with Crippen LogP contribution >= 0.6 is 0 Å². The quantitative estimate of drug-likeness (QED) is 0.169. The summed E-state index contributed by atoms with van der Waals surface area (Å²) in [6, 6.07) is 15.0. The first-order chi connectivity index (χ1) is 17.6. The Bertz CT molecular complexity index is 1550. The van der Waals surface area contributed by atoms with Crippen LogP contribution in [-0.2, 0) is 11.0 Å². The van der Waals surface area contributed by atoms with E-state index in [1.165, 1.54) is 50.6 Å². The molecule has 0 spiro atoms. The molecule has 0 radical (unpaired) electrons. The summed E-state index contributed by atoms with van der Waals surface area (Å²) in [5.41, 5.74) is -0.189. The van der Waals surface area contributed by atoms with Gasteiger partial charge in [0.15, 0.2) is 11.5 Å². The molecule has 37 heavy (non-hydrogen) atoms.